The van der Waals surface area contributed by atoms with Gasteiger partial charge in [-0.2, -0.15) is 0 Å². The lowest BCUT2D eigenvalue weighted by Crippen LogP contribution is -2.31. The molecule has 1 aromatic carbocycles. The van der Waals surface area contributed by atoms with Crippen molar-refractivity contribution in [3.05, 3.63) is 35.9 Å². The predicted molar refractivity (Wildman–Crippen MR) is 66.5 cm³/mol. The average molecular weight is 272 g/mol. The van der Waals surface area contributed by atoms with Crippen molar-refractivity contribution in [2.24, 2.45) is 0 Å². The highest BCUT2D eigenvalue weighted by Gasteiger charge is 2.12. The van der Waals surface area contributed by atoms with E-state index in [1.807, 2.05) is 30.3 Å². The molecule has 0 aliphatic heterocycles. The second kappa shape index (κ2) is 7.10. The van der Waals surface area contributed by atoms with Crippen LogP contribution in [0.5, 0.6) is 0 Å². The molecule has 0 saturated heterocycles. The first-order chi connectivity index (χ1) is 8.53. The third kappa shape index (κ3) is 5.76. The van der Waals surface area contributed by atoms with Crippen molar-refractivity contribution >= 4 is 15.9 Å². The second-order valence-corrected chi connectivity index (χ2v) is 5.66. The molecule has 1 aromatic rings. The Morgan fingerprint density at radius 3 is 2.50 bits per heavy atom. The number of carbonyl (C=O) groups excluding carboxylic acids is 1. The number of carbonyl (C=O) groups is 1. The van der Waals surface area contributed by atoms with Gasteiger partial charge in [-0.1, -0.05) is 30.3 Å². The molecule has 7 heteroatoms. The molecular formula is C11H16N2O4S. The number of hydrogen-bond acceptors (Lipinski definition) is 4. The molecule has 0 fully saturated rings. The number of benzene rings is 1. The van der Waals surface area contributed by atoms with Crippen molar-refractivity contribution in [1.29, 1.82) is 0 Å². The molecule has 3 N–H and O–H groups in total. The predicted octanol–water partition coefficient (Wildman–Crippen LogP) is 0.0440. The summed E-state index contributed by atoms with van der Waals surface area (Å²) in [5.41, 5.74) is 2.42. The third-order valence-electron chi connectivity index (χ3n) is 2.30. The van der Waals surface area contributed by atoms with E-state index in [0.29, 0.717) is 6.42 Å². The van der Waals surface area contributed by atoms with Gasteiger partial charge in [0.05, 0.1) is 5.75 Å². The Kier molecular flexibility index (Phi) is 5.76. The van der Waals surface area contributed by atoms with Gasteiger partial charge in [0.2, 0.25) is 15.9 Å². The molecular weight excluding hydrogens is 256 g/mol. The Morgan fingerprint density at radius 2 is 1.89 bits per heavy atom. The molecule has 0 aromatic heterocycles. The fourth-order valence-corrected chi connectivity index (χ4v) is 2.36. The number of hydroxylamine groups is 1. The molecule has 0 radical (unpaired) electrons. The highest BCUT2D eigenvalue weighted by molar-refractivity contribution is 7.89. The van der Waals surface area contributed by atoms with E-state index in [1.165, 1.54) is 5.48 Å². The molecule has 0 spiro atoms. The summed E-state index contributed by atoms with van der Waals surface area (Å²) in [5, 5.41) is 8.24. The molecule has 0 aliphatic rings. The van der Waals surface area contributed by atoms with E-state index >= 15 is 0 Å². The molecule has 18 heavy (non-hydrogen) atoms. The minimum absolute atomic E-state index is 0.267. The van der Waals surface area contributed by atoms with Gasteiger partial charge in [0.15, 0.2) is 0 Å². The molecule has 0 atom stereocenters. The van der Waals surface area contributed by atoms with Crippen LogP contribution >= 0.6 is 0 Å². The SMILES string of the molecule is O=C(CCS(=O)(=O)NCCc1ccccc1)NO. The quantitative estimate of drug-likeness (QED) is 0.482. The van der Waals surface area contributed by atoms with Crippen molar-refractivity contribution < 1.29 is 18.4 Å². The van der Waals surface area contributed by atoms with Crippen LogP contribution < -0.4 is 10.2 Å². The lowest BCUT2D eigenvalue weighted by molar-refractivity contribution is -0.128. The summed E-state index contributed by atoms with van der Waals surface area (Å²) in [5.74, 6) is -1.06. The zero-order valence-corrected chi connectivity index (χ0v) is 10.6. The van der Waals surface area contributed by atoms with Crippen molar-refractivity contribution in [3.63, 3.8) is 0 Å². The largest absolute Gasteiger partial charge is 0.289 e. The van der Waals surface area contributed by atoms with Crippen molar-refractivity contribution in [3.8, 4) is 0 Å². The van der Waals surface area contributed by atoms with Crippen LogP contribution in [0.4, 0.5) is 0 Å². The van der Waals surface area contributed by atoms with Gasteiger partial charge in [0.25, 0.3) is 0 Å². The van der Waals surface area contributed by atoms with Gasteiger partial charge in [-0.3, -0.25) is 10.0 Å². The monoisotopic (exact) mass is 272 g/mol. The lowest BCUT2D eigenvalue weighted by Gasteiger charge is -2.06. The van der Waals surface area contributed by atoms with Crippen LogP contribution in [-0.4, -0.2) is 31.8 Å². The van der Waals surface area contributed by atoms with Crippen LogP contribution in [0.25, 0.3) is 0 Å². The van der Waals surface area contributed by atoms with Gasteiger partial charge in [0.1, 0.15) is 0 Å². The molecule has 0 saturated carbocycles. The number of amides is 1. The maximum Gasteiger partial charge on any atom is 0.244 e. The van der Waals surface area contributed by atoms with Crippen LogP contribution in [-0.2, 0) is 21.2 Å². The minimum atomic E-state index is -3.48. The smallest absolute Gasteiger partial charge is 0.244 e. The molecule has 0 heterocycles. The summed E-state index contributed by atoms with van der Waals surface area (Å²) in [6.45, 7) is 0.285. The Bertz CT molecular complexity index is 473. The normalized spacial score (nSPS) is 11.2. The zero-order valence-electron chi connectivity index (χ0n) is 9.80. The highest BCUT2D eigenvalue weighted by Crippen LogP contribution is 1.99. The van der Waals surface area contributed by atoms with Gasteiger partial charge in [-0.05, 0) is 12.0 Å². The zero-order chi connectivity index (χ0) is 13.4. The maximum atomic E-state index is 11.5. The van der Waals surface area contributed by atoms with Gasteiger partial charge >= 0.3 is 0 Å². The van der Waals surface area contributed by atoms with Crippen LogP contribution in [0.3, 0.4) is 0 Å². The van der Waals surface area contributed by atoms with Crippen molar-refractivity contribution in [2.45, 2.75) is 12.8 Å². The average Bonchev–Trinajstić information content (AvgIpc) is 2.37. The van der Waals surface area contributed by atoms with Gasteiger partial charge in [-0.15, -0.1) is 0 Å². The Balaban J connectivity index is 2.31. The highest BCUT2D eigenvalue weighted by atomic mass is 32.2. The van der Waals surface area contributed by atoms with Crippen LogP contribution in [0.2, 0.25) is 0 Å². The number of sulfonamides is 1. The number of hydrogen-bond donors (Lipinski definition) is 3. The summed E-state index contributed by atoms with van der Waals surface area (Å²) >= 11 is 0. The summed E-state index contributed by atoms with van der Waals surface area (Å²) in [6, 6.07) is 9.48. The third-order valence-corrected chi connectivity index (χ3v) is 3.69. The molecule has 0 bridgehead atoms. The van der Waals surface area contributed by atoms with E-state index in [-0.39, 0.29) is 18.7 Å². The maximum absolute atomic E-state index is 11.5. The topological polar surface area (TPSA) is 95.5 Å². The molecule has 6 nitrogen and oxygen atoms in total. The van der Waals surface area contributed by atoms with E-state index in [4.69, 9.17) is 5.21 Å². The Morgan fingerprint density at radius 1 is 1.22 bits per heavy atom. The first-order valence-electron chi connectivity index (χ1n) is 5.48. The number of nitrogens with one attached hydrogen (secondary N) is 2. The van der Waals surface area contributed by atoms with Crippen LogP contribution in [0.15, 0.2) is 30.3 Å². The second-order valence-electron chi connectivity index (χ2n) is 3.73. The summed E-state index contributed by atoms with van der Waals surface area (Å²) in [6.07, 6.45) is 0.323. The Hall–Kier alpha value is -1.44. The van der Waals surface area contributed by atoms with Crippen LogP contribution in [0.1, 0.15) is 12.0 Å². The Labute approximate surface area is 106 Å². The summed E-state index contributed by atoms with van der Waals surface area (Å²) in [7, 11) is -3.48. The van der Waals surface area contributed by atoms with Crippen molar-refractivity contribution in [1.82, 2.24) is 10.2 Å². The summed E-state index contributed by atoms with van der Waals surface area (Å²) in [4.78, 5) is 10.7. The van der Waals surface area contributed by atoms with Gasteiger partial charge < -0.3 is 0 Å². The molecule has 1 amide bonds. The first kappa shape index (κ1) is 14.6. The van der Waals surface area contributed by atoms with Gasteiger partial charge in [0, 0.05) is 13.0 Å². The molecule has 1 rings (SSSR count). The van der Waals surface area contributed by atoms with E-state index < -0.39 is 15.9 Å². The lowest BCUT2D eigenvalue weighted by atomic mass is 10.2. The minimum Gasteiger partial charge on any atom is -0.289 e. The van der Waals surface area contributed by atoms with E-state index in [0.717, 1.165) is 5.56 Å². The van der Waals surface area contributed by atoms with Crippen molar-refractivity contribution in [2.75, 3.05) is 12.3 Å². The van der Waals surface area contributed by atoms with Gasteiger partial charge in [-0.25, -0.2) is 18.6 Å². The number of rotatable bonds is 7. The first-order valence-corrected chi connectivity index (χ1v) is 7.13. The fourth-order valence-electron chi connectivity index (χ4n) is 1.35. The molecule has 100 valence electrons. The van der Waals surface area contributed by atoms with Crippen LogP contribution in [0, 0.1) is 0 Å². The fraction of sp³-hybridized carbons (Fsp3) is 0.364. The van der Waals surface area contributed by atoms with E-state index in [2.05, 4.69) is 4.72 Å². The standard InChI is InChI=1S/C11H16N2O4S/c14-11(13-15)7-9-18(16,17)12-8-6-10-4-2-1-3-5-10/h1-5,12,15H,6-9H2,(H,13,14). The molecule has 0 aliphatic carbocycles. The van der Waals surface area contributed by atoms with E-state index in [9.17, 15) is 13.2 Å². The molecule has 0 unspecified atom stereocenters. The van der Waals surface area contributed by atoms with E-state index in [1.54, 1.807) is 0 Å². The summed E-state index contributed by atoms with van der Waals surface area (Å²) < 4.78 is 25.3.